The van der Waals surface area contributed by atoms with E-state index in [9.17, 15) is 14.7 Å². The minimum Gasteiger partial charge on any atom is -0.496 e. The second-order valence-electron chi connectivity index (χ2n) is 11.7. The number of ether oxygens (including phenoxy) is 1. The lowest BCUT2D eigenvalue weighted by molar-refractivity contribution is -0.160. The van der Waals surface area contributed by atoms with E-state index in [1.165, 1.54) is 37.8 Å². The number of carbonyl (C=O) groups excluding carboxylic acids is 1. The van der Waals surface area contributed by atoms with Gasteiger partial charge in [-0.25, -0.2) is 9.18 Å². The molecule has 5 rings (SSSR count). The Morgan fingerprint density at radius 1 is 1.15 bits per heavy atom. The lowest BCUT2D eigenvalue weighted by atomic mass is 9.45. The second-order valence-corrected chi connectivity index (χ2v) is 11.7. The maximum absolute atomic E-state index is 15.2. The molecule has 39 heavy (non-hydrogen) atoms. The molecule has 1 amide bonds. The molecule has 0 unspecified atom stereocenters. The Bertz CT molecular complexity index is 1250. The predicted octanol–water partition coefficient (Wildman–Crippen LogP) is 4.82. The summed E-state index contributed by atoms with van der Waals surface area (Å²) in [5.74, 6) is 0.133. The van der Waals surface area contributed by atoms with Crippen molar-refractivity contribution < 1.29 is 28.7 Å². The van der Waals surface area contributed by atoms with E-state index in [4.69, 9.17) is 9.57 Å². The van der Waals surface area contributed by atoms with Gasteiger partial charge in [0.05, 0.1) is 26.3 Å². The van der Waals surface area contributed by atoms with E-state index in [2.05, 4.69) is 26.1 Å². The van der Waals surface area contributed by atoms with Crippen molar-refractivity contribution in [1.29, 1.82) is 0 Å². The number of anilines is 1. The van der Waals surface area contributed by atoms with Crippen LogP contribution in [0.15, 0.2) is 30.3 Å². The molecule has 8 nitrogen and oxygen atoms in total. The quantitative estimate of drug-likeness (QED) is 0.417. The first-order valence-electron chi connectivity index (χ1n) is 13.4. The summed E-state index contributed by atoms with van der Waals surface area (Å²) >= 11 is 0. The fraction of sp³-hybridized carbons (Fsp3) is 0.533. The number of nitrogens with zero attached hydrogens (tertiary/aromatic N) is 2. The summed E-state index contributed by atoms with van der Waals surface area (Å²) < 4.78 is 20.8. The molecule has 0 aromatic heterocycles. The molecule has 2 aromatic rings. The topological polar surface area (TPSA) is 91.3 Å². The van der Waals surface area contributed by atoms with Gasteiger partial charge < -0.3 is 24.9 Å². The Morgan fingerprint density at radius 3 is 2.44 bits per heavy atom. The van der Waals surface area contributed by atoms with Crippen molar-refractivity contribution >= 4 is 17.6 Å². The number of hydrogen-bond acceptors (Lipinski definition) is 6. The van der Waals surface area contributed by atoms with Gasteiger partial charge in [0.1, 0.15) is 18.1 Å². The molecule has 3 aliphatic rings. The fourth-order valence-corrected chi connectivity index (χ4v) is 6.47. The summed E-state index contributed by atoms with van der Waals surface area (Å²) in [6.45, 7) is 6.76. The van der Waals surface area contributed by atoms with Crippen molar-refractivity contribution in [3.8, 4) is 16.9 Å². The number of fused-ring (bicyclic) bond motifs is 2. The molecule has 0 radical (unpaired) electrons. The summed E-state index contributed by atoms with van der Waals surface area (Å²) in [6.07, 6.45) is 2.20. The zero-order chi connectivity index (χ0) is 28.6. The monoisotopic (exact) mass is 541 g/mol. The fourth-order valence-electron chi connectivity index (χ4n) is 6.47. The second kappa shape index (κ2) is 11.1. The first-order valence-corrected chi connectivity index (χ1v) is 13.4. The van der Waals surface area contributed by atoms with Crippen molar-refractivity contribution in [3.05, 3.63) is 47.3 Å². The average Bonchev–Trinajstić information content (AvgIpc) is 2.89. The lowest BCUT2D eigenvalue weighted by Gasteiger charge is -2.62. The van der Waals surface area contributed by atoms with E-state index in [-0.39, 0.29) is 41.9 Å². The van der Waals surface area contributed by atoms with Crippen molar-refractivity contribution in [2.75, 3.05) is 39.8 Å². The van der Waals surface area contributed by atoms with Crippen molar-refractivity contribution in [2.45, 2.75) is 46.2 Å². The number of hydrogen-bond donors (Lipinski definition) is 2. The highest BCUT2D eigenvalue weighted by Gasteiger charge is 2.56. The first kappa shape index (κ1) is 28.8. The first-order chi connectivity index (χ1) is 18.4. The van der Waals surface area contributed by atoms with E-state index in [1.807, 2.05) is 20.2 Å². The highest BCUT2D eigenvalue weighted by molar-refractivity contribution is 5.92. The maximum atomic E-state index is 15.2. The van der Waals surface area contributed by atoms with Crippen LogP contribution in [0.2, 0.25) is 0 Å². The molecule has 3 fully saturated rings. The van der Waals surface area contributed by atoms with Crippen LogP contribution >= 0.6 is 0 Å². The van der Waals surface area contributed by atoms with Gasteiger partial charge in [-0.05, 0) is 71.9 Å². The third-order valence-corrected chi connectivity index (χ3v) is 9.01. The maximum Gasteiger partial charge on any atom is 0.335 e. The smallest absolute Gasteiger partial charge is 0.335 e. The molecule has 2 N–H and O–H groups in total. The number of nitrogens with one attached hydrogen (secondary N) is 1. The van der Waals surface area contributed by atoms with Crippen molar-refractivity contribution in [3.63, 3.8) is 0 Å². The van der Waals surface area contributed by atoms with Gasteiger partial charge in [0.25, 0.3) is 0 Å². The zero-order valence-corrected chi connectivity index (χ0v) is 23.9. The number of carboxylic acids is 1. The van der Waals surface area contributed by atoms with Crippen LogP contribution in [0.4, 0.5) is 10.1 Å². The van der Waals surface area contributed by atoms with Crippen LogP contribution in [0.3, 0.4) is 0 Å². The van der Waals surface area contributed by atoms with Gasteiger partial charge in [0.15, 0.2) is 0 Å². The van der Waals surface area contributed by atoms with Gasteiger partial charge in [0, 0.05) is 37.0 Å². The summed E-state index contributed by atoms with van der Waals surface area (Å²) in [5.41, 5.74) is 2.45. The van der Waals surface area contributed by atoms with Gasteiger partial charge in [-0.1, -0.05) is 20.8 Å². The number of carbonyl (C=O) groups is 2. The number of rotatable bonds is 10. The molecule has 3 saturated carbocycles. The van der Waals surface area contributed by atoms with Gasteiger partial charge in [0.2, 0.25) is 5.91 Å². The molecule has 4 atom stereocenters. The van der Waals surface area contributed by atoms with E-state index < -0.39 is 11.8 Å². The van der Waals surface area contributed by atoms with E-state index in [0.29, 0.717) is 40.0 Å². The van der Waals surface area contributed by atoms with Gasteiger partial charge in [-0.3, -0.25) is 4.79 Å². The number of methoxy groups -OCH3 is 1. The van der Waals surface area contributed by atoms with Crippen LogP contribution in [0.25, 0.3) is 11.1 Å². The number of hydroxylamine groups is 2. The molecule has 0 spiro atoms. The van der Waals surface area contributed by atoms with Crippen LogP contribution in [0.5, 0.6) is 5.75 Å². The molecule has 0 saturated heterocycles. The highest BCUT2D eigenvalue weighted by atomic mass is 19.1. The molecule has 0 aliphatic heterocycles. The van der Waals surface area contributed by atoms with Crippen molar-refractivity contribution in [2.24, 2.45) is 23.2 Å². The van der Waals surface area contributed by atoms with E-state index in [1.54, 1.807) is 17.0 Å². The molecule has 3 aliphatic carbocycles. The third-order valence-electron chi connectivity index (χ3n) is 9.01. The number of amides is 1. The predicted molar refractivity (Wildman–Crippen MR) is 148 cm³/mol. The minimum absolute atomic E-state index is 0.0373. The van der Waals surface area contributed by atoms with Gasteiger partial charge in [-0.15, -0.1) is 0 Å². The molecule has 2 aromatic carbocycles. The molecular weight excluding hydrogens is 501 g/mol. The summed E-state index contributed by atoms with van der Waals surface area (Å²) in [5, 5.41) is 14.2. The standard InChI is InChI=1S/C30H40FN3O5/c1-17-24-13-20(30(24,2)3)14-26(17)32-27(35)16-34(39-7)15-23-25(31)9-8-22(28(23)38-6)18-10-19(29(36)37)12-21(11-18)33(4)5/h8-12,17,20,24,26H,13-16H2,1-7H3,(H,32,35)(H,36,37)/t17-,20+,24-,26-/m0/s1. The third kappa shape index (κ3) is 5.61. The van der Waals surface area contributed by atoms with Crippen molar-refractivity contribution in [1.82, 2.24) is 10.4 Å². The normalized spacial score (nSPS) is 23.2. The number of benzene rings is 2. The number of halogens is 1. The van der Waals surface area contributed by atoms with Gasteiger partial charge >= 0.3 is 5.97 Å². The minimum atomic E-state index is -1.06. The summed E-state index contributed by atoms with van der Waals surface area (Å²) in [6, 6.07) is 7.94. The highest BCUT2D eigenvalue weighted by Crippen LogP contribution is 2.61. The molecule has 2 bridgehead atoms. The number of aromatic carboxylic acids is 1. The van der Waals surface area contributed by atoms with Gasteiger partial charge in [-0.2, -0.15) is 5.06 Å². The number of carboxylic acid groups (broad SMARTS) is 1. The molecule has 9 heteroatoms. The summed E-state index contributed by atoms with van der Waals surface area (Å²) in [7, 11) is 6.52. The summed E-state index contributed by atoms with van der Waals surface area (Å²) in [4.78, 5) is 32.1. The Hall–Kier alpha value is -3.17. The van der Waals surface area contributed by atoms with E-state index in [0.717, 1.165) is 6.42 Å². The Kier molecular flexibility index (Phi) is 8.23. The van der Waals surface area contributed by atoms with Crippen LogP contribution in [0, 0.1) is 29.0 Å². The Labute approximate surface area is 230 Å². The molecular formula is C30H40FN3O5. The van der Waals surface area contributed by atoms with Crippen LogP contribution in [0.1, 0.15) is 49.5 Å². The largest absolute Gasteiger partial charge is 0.496 e. The Morgan fingerprint density at radius 2 is 1.87 bits per heavy atom. The Balaban J connectivity index is 1.55. The SMILES string of the molecule is COc1c(-c2cc(C(=O)O)cc(N(C)C)c2)ccc(F)c1CN(CC(=O)N[C@H]1C[C@H]2C[C@@H]([C@@H]1C)C2(C)C)OC. The lowest BCUT2D eigenvalue weighted by Crippen LogP contribution is -2.61. The van der Waals surface area contributed by atoms with Crippen LogP contribution in [-0.2, 0) is 16.2 Å². The van der Waals surface area contributed by atoms with Crippen LogP contribution < -0.4 is 15.0 Å². The zero-order valence-electron chi connectivity index (χ0n) is 23.9. The van der Waals surface area contributed by atoms with E-state index >= 15 is 4.39 Å². The average molecular weight is 542 g/mol. The molecule has 0 heterocycles. The van der Waals surface area contributed by atoms with Crippen LogP contribution in [-0.4, -0.2) is 62.9 Å². The molecule has 212 valence electrons.